The zero-order valence-corrected chi connectivity index (χ0v) is 10.4. The topological polar surface area (TPSA) is 46.3 Å². The summed E-state index contributed by atoms with van der Waals surface area (Å²) in [6, 6.07) is 6.06. The summed E-state index contributed by atoms with van der Waals surface area (Å²) in [5.74, 6) is 0.0110. The molecule has 0 saturated carbocycles. The fourth-order valence-electron chi connectivity index (χ4n) is 1.60. The molecule has 88 valence electrons. The third-order valence-corrected chi connectivity index (χ3v) is 3.08. The second-order valence-electron chi connectivity index (χ2n) is 4.20. The number of carbonyl (C=O) groups excluding carboxylic acids is 1. The molecular formula is C13H20N2O. The molecule has 0 aliphatic heterocycles. The van der Waals surface area contributed by atoms with E-state index in [2.05, 4.69) is 18.7 Å². The number of ketones is 1. The van der Waals surface area contributed by atoms with Crippen molar-refractivity contribution in [2.45, 2.75) is 33.2 Å². The van der Waals surface area contributed by atoms with E-state index in [1.165, 1.54) is 0 Å². The van der Waals surface area contributed by atoms with E-state index in [1.807, 2.05) is 19.2 Å². The summed E-state index contributed by atoms with van der Waals surface area (Å²) < 4.78 is 0. The lowest BCUT2D eigenvalue weighted by Crippen LogP contribution is -2.28. The van der Waals surface area contributed by atoms with E-state index in [-0.39, 0.29) is 5.78 Å². The summed E-state index contributed by atoms with van der Waals surface area (Å²) in [7, 11) is 2.03. The number of anilines is 2. The molecule has 0 aliphatic rings. The van der Waals surface area contributed by atoms with E-state index in [4.69, 9.17) is 5.73 Å². The van der Waals surface area contributed by atoms with Crippen LogP contribution in [0.2, 0.25) is 0 Å². The van der Waals surface area contributed by atoms with Gasteiger partial charge >= 0.3 is 0 Å². The fourth-order valence-corrected chi connectivity index (χ4v) is 1.60. The van der Waals surface area contributed by atoms with Crippen LogP contribution in [0, 0.1) is 0 Å². The summed E-state index contributed by atoms with van der Waals surface area (Å²) in [5.41, 5.74) is 7.95. The van der Waals surface area contributed by atoms with E-state index in [9.17, 15) is 4.79 Å². The maximum atomic E-state index is 11.4. The number of rotatable bonds is 4. The van der Waals surface area contributed by atoms with Gasteiger partial charge in [0.25, 0.3) is 0 Å². The van der Waals surface area contributed by atoms with Crippen molar-refractivity contribution in [2.24, 2.45) is 0 Å². The SMILES string of the molecule is CCC(C)N(C)c1ccc(N)c(C(C)=O)c1. The van der Waals surface area contributed by atoms with Crippen LogP contribution in [-0.2, 0) is 0 Å². The lowest BCUT2D eigenvalue weighted by Gasteiger charge is -2.26. The Hall–Kier alpha value is -1.51. The first-order valence-electron chi connectivity index (χ1n) is 5.60. The van der Waals surface area contributed by atoms with Crippen LogP contribution in [0.15, 0.2) is 18.2 Å². The molecule has 3 heteroatoms. The molecule has 0 bridgehead atoms. The highest BCUT2D eigenvalue weighted by molar-refractivity contribution is 6.00. The number of nitrogens with two attached hydrogens (primary N) is 1. The molecule has 1 rings (SSSR count). The maximum absolute atomic E-state index is 11.4. The molecule has 0 saturated heterocycles. The van der Waals surface area contributed by atoms with Crippen molar-refractivity contribution in [1.82, 2.24) is 0 Å². The summed E-state index contributed by atoms with van der Waals surface area (Å²) in [5, 5.41) is 0. The largest absolute Gasteiger partial charge is 0.398 e. The van der Waals surface area contributed by atoms with Gasteiger partial charge < -0.3 is 10.6 Å². The first-order valence-corrected chi connectivity index (χ1v) is 5.60. The second kappa shape index (κ2) is 5.01. The van der Waals surface area contributed by atoms with E-state index in [1.54, 1.807) is 13.0 Å². The number of carbonyl (C=O) groups is 1. The van der Waals surface area contributed by atoms with Crippen LogP contribution in [0.5, 0.6) is 0 Å². The lowest BCUT2D eigenvalue weighted by molar-refractivity contribution is 0.101. The minimum atomic E-state index is 0.0110. The quantitative estimate of drug-likeness (QED) is 0.627. The number of hydrogen-bond donors (Lipinski definition) is 1. The number of benzene rings is 1. The fraction of sp³-hybridized carbons (Fsp3) is 0.462. The van der Waals surface area contributed by atoms with E-state index >= 15 is 0 Å². The van der Waals surface area contributed by atoms with E-state index < -0.39 is 0 Å². The molecule has 0 heterocycles. The van der Waals surface area contributed by atoms with Crippen molar-refractivity contribution >= 4 is 17.2 Å². The van der Waals surface area contributed by atoms with Crippen molar-refractivity contribution in [1.29, 1.82) is 0 Å². The smallest absolute Gasteiger partial charge is 0.161 e. The molecular weight excluding hydrogens is 200 g/mol. The standard InChI is InChI=1S/C13H20N2O/c1-5-9(2)15(4)11-6-7-13(14)12(8-11)10(3)16/h6-9H,5,14H2,1-4H3. The van der Waals surface area contributed by atoms with Gasteiger partial charge in [-0.15, -0.1) is 0 Å². The number of nitrogen functional groups attached to an aromatic ring is 1. The molecule has 0 aromatic heterocycles. The second-order valence-corrected chi connectivity index (χ2v) is 4.20. The van der Waals surface area contributed by atoms with Crippen molar-refractivity contribution in [2.75, 3.05) is 17.7 Å². The number of hydrogen-bond acceptors (Lipinski definition) is 3. The third kappa shape index (κ3) is 2.54. The third-order valence-electron chi connectivity index (χ3n) is 3.08. The van der Waals surface area contributed by atoms with Crippen LogP contribution in [0.3, 0.4) is 0 Å². The summed E-state index contributed by atoms with van der Waals surface area (Å²) >= 11 is 0. The Morgan fingerprint density at radius 2 is 2.12 bits per heavy atom. The van der Waals surface area contributed by atoms with Gasteiger partial charge in [0.1, 0.15) is 0 Å². The van der Waals surface area contributed by atoms with Gasteiger partial charge in [-0.05, 0) is 38.5 Å². The van der Waals surface area contributed by atoms with Crippen LogP contribution in [0.25, 0.3) is 0 Å². The highest BCUT2D eigenvalue weighted by atomic mass is 16.1. The van der Waals surface area contributed by atoms with Crippen LogP contribution < -0.4 is 10.6 Å². The average molecular weight is 220 g/mol. The first-order chi connectivity index (χ1) is 7.47. The van der Waals surface area contributed by atoms with Crippen LogP contribution in [-0.4, -0.2) is 18.9 Å². The van der Waals surface area contributed by atoms with Crippen molar-refractivity contribution in [3.05, 3.63) is 23.8 Å². The predicted octanol–water partition coefficient (Wildman–Crippen LogP) is 2.71. The van der Waals surface area contributed by atoms with Gasteiger partial charge in [-0.2, -0.15) is 0 Å². The van der Waals surface area contributed by atoms with Crippen LogP contribution in [0.1, 0.15) is 37.6 Å². The number of Topliss-reactive ketones (excluding diaryl/α,β-unsaturated/α-hetero) is 1. The lowest BCUT2D eigenvalue weighted by atomic mass is 10.1. The van der Waals surface area contributed by atoms with Gasteiger partial charge in [0.15, 0.2) is 5.78 Å². The Morgan fingerprint density at radius 1 is 1.50 bits per heavy atom. The average Bonchev–Trinajstić information content (AvgIpc) is 2.27. The van der Waals surface area contributed by atoms with Crippen LogP contribution in [0.4, 0.5) is 11.4 Å². The van der Waals surface area contributed by atoms with Gasteiger partial charge in [0.2, 0.25) is 0 Å². The predicted molar refractivity (Wildman–Crippen MR) is 69.0 cm³/mol. The molecule has 3 nitrogen and oxygen atoms in total. The van der Waals surface area contributed by atoms with Gasteiger partial charge in [0, 0.05) is 30.0 Å². The summed E-state index contributed by atoms with van der Waals surface area (Å²) in [6.07, 6.45) is 1.07. The molecule has 2 N–H and O–H groups in total. The molecule has 0 radical (unpaired) electrons. The molecule has 16 heavy (non-hydrogen) atoms. The van der Waals surface area contributed by atoms with Gasteiger partial charge in [0.05, 0.1) is 0 Å². The monoisotopic (exact) mass is 220 g/mol. The minimum absolute atomic E-state index is 0.0110. The molecule has 1 atom stereocenters. The van der Waals surface area contributed by atoms with Crippen LogP contribution >= 0.6 is 0 Å². The van der Waals surface area contributed by atoms with Gasteiger partial charge in [-0.3, -0.25) is 4.79 Å². The van der Waals surface area contributed by atoms with Crippen molar-refractivity contribution in [3.8, 4) is 0 Å². The highest BCUT2D eigenvalue weighted by Gasteiger charge is 2.11. The Kier molecular flexibility index (Phi) is 3.93. The molecule has 0 spiro atoms. The molecule has 1 aromatic carbocycles. The van der Waals surface area contributed by atoms with Crippen molar-refractivity contribution in [3.63, 3.8) is 0 Å². The Morgan fingerprint density at radius 3 is 2.62 bits per heavy atom. The van der Waals surface area contributed by atoms with Gasteiger partial charge in [-0.1, -0.05) is 6.92 Å². The van der Waals surface area contributed by atoms with Gasteiger partial charge in [-0.25, -0.2) is 0 Å². The molecule has 0 aliphatic carbocycles. The molecule has 0 amide bonds. The maximum Gasteiger partial charge on any atom is 0.161 e. The van der Waals surface area contributed by atoms with E-state index in [0.29, 0.717) is 17.3 Å². The zero-order chi connectivity index (χ0) is 12.3. The molecule has 1 aromatic rings. The minimum Gasteiger partial charge on any atom is -0.398 e. The summed E-state index contributed by atoms with van der Waals surface area (Å²) in [4.78, 5) is 13.5. The number of nitrogens with zero attached hydrogens (tertiary/aromatic N) is 1. The van der Waals surface area contributed by atoms with E-state index in [0.717, 1.165) is 12.1 Å². The Balaban J connectivity index is 3.07. The van der Waals surface area contributed by atoms with Crippen molar-refractivity contribution < 1.29 is 4.79 Å². The summed E-state index contributed by atoms with van der Waals surface area (Å²) in [6.45, 7) is 5.84. The Labute approximate surface area is 97.2 Å². The zero-order valence-electron chi connectivity index (χ0n) is 10.4. The highest BCUT2D eigenvalue weighted by Crippen LogP contribution is 2.22. The Bertz CT molecular complexity index is 388. The molecule has 0 fully saturated rings. The first kappa shape index (κ1) is 12.6. The molecule has 1 unspecified atom stereocenters. The normalized spacial score (nSPS) is 12.2.